The number of rotatable bonds is 10. The van der Waals surface area contributed by atoms with Crippen LogP contribution in [-0.2, 0) is 36.7 Å². The number of anilines is 2. The molecule has 2 unspecified atom stereocenters. The summed E-state index contributed by atoms with van der Waals surface area (Å²) in [5.74, 6) is -3.19. The Labute approximate surface area is 248 Å². The van der Waals surface area contributed by atoms with Gasteiger partial charge in [-0.2, -0.15) is 13.2 Å². The van der Waals surface area contributed by atoms with E-state index in [0.717, 1.165) is 28.8 Å². The molecule has 1 saturated heterocycles. The summed E-state index contributed by atoms with van der Waals surface area (Å²) >= 11 is 0. The number of amides is 5. The third kappa shape index (κ3) is 7.00. The Hall–Kier alpha value is -5.31. The highest BCUT2D eigenvalue weighted by molar-refractivity contribution is 6.20. The highest BCUT2D eigenvalue weighted by Crippen LogP contribution is 2.31. The summed E-state index contributed by atoms with van der Waals surface area (Å²) in [6.07, 6.45) is -0.581. The van der Waals surface area contributed by atoms with Gasteiger partial charge < -0.3 is 20.9 Å². The van der Waals surface area contributed by atoms with Crippen molar-refractivity contribution in [2.24, 2.45) is 0 Å². The zero-order valence-corrected chi connectivity index (χ0v) is 22.9. The Morgan fingerprint density at radius 3 is 2.57 bits per heavy atom. The van der Waals surface area contributed by atoms with Gasteiger partial charge in [0.2, 0.25) is 17.7 Å². The number of nitrogens with zero attached hydrogens (tertiary/aromatic N) is 2. The molecular weight excluding hydrogens is 583 g/mol. The van der Waals surface area contributed by atoms with Gasteiger partial charge in [0.05, 0.1) is 11.9 Å². The summed E-state index contributed by atoms with van der Waals surface area (Å²) in [6.45, 7) is 0.276. The van der Waals surface area contributed by atoms with E-state index in [1.54, 1.807) is 30.5 Å². The van der Waals surface area contributed by atoms with Crippen molar-refractivity contribution in [2.75, 3.05) is 10.6 Å². The molecular formula is C29H26F3N7O5. The monoisotopic (exact) mass is 609 g/mol. The highest BCUT2D eigenvalue weighted by atomic mass is 19.4. The van der Waals surface area contributed by atoms with E-state index in [4.69, 9.17) is 0 Å². The van der Waals surface area contributed by atoms with Gasteiger partial charge in [0.25, 0.3) is 11.8 Å². The maximum atomic E-state index is 13.1. The Kier molecular flexibility index (Phi) is 8.57. The molecule has 0 saturated carbocycles. The molecule has 0 aliphatic carbocycles. The molecule has 15 heteroatoms. The van der Waals surface area contributed by atoms with Gasteiger partial charge >= 0.3 is 6.18 Å². The first kappa shape index (κ1) is 30.2. The lowest BCUT2D eigenvalue weighted by molar-refractivity contribution is -0.149. The first-order valence-corrected chi connectivity index (χ1v) is 13.5. The van der Waals surface area contributed by atoms with Crippen molar-refractivity contribution in [1.29, 1.82) is 0 Å². The van der Waals surface area contributed by atoms with Crippen LogP contribution in [0.5, 0.6) is 0 Å². The summed E-state index contributed by atoms with van der Waals surface area (Å²) in [7, 11) is 0. The third-order valence-electron chi connectivity index (χ3n) is 7.00. The fourth-order valence-electron chi connectivity index (χ4n) is 4.88. The number of hydrogen-bond donors (Lipinski definition) is 5. The molecule has 0 spiro atoms. The molecule has 2 aliphatic rings. The fraction of sp³-hybridized carbons (Fsp3) is 0.241. The highest BCUT2D eigenvalue weighted by Gasteiger charge is 2.42. The van der Waals surface area contributed by atoms with Gasteiger partial charge in [0, 0.05) is 54.8 Å². The van der Waals surface area contributed by atoms with Gasteiger partial charge in [-0.15, -0.1) is 0 Å². The molecule has 5 amide bonds. The smallest absolute Gasteiger partial charge is 0.351 e. The molecule has 44 heavy (non-hydrogen) atoms. The largest absolute Gasteiger partial charge is 0.416 e. The Balaban J connectivity index is 1.31. The lowest BCUT2D eigenvalue weighted by atomic mass is 10.0. The zero-order valence-electron chi connectivity index (χ0n) is 22.9. The first-order valence-electron chi connectivity index (χ1n) is 13.5. The van der Waals surface area contributed by atoms with Crippen molar-refractivity contribution in [3.8, 4) is 0 Å². The predicted octanol–water partition coefficient (Wildman–Crippen LogP) is 2.76. The van der Waals surface area contributed by atoms with Gasteiger partial charge in [-0.3, -0.25) is 34.2 Å². The summed E-state index contributed by atoms with van der Waals surface area (Å²) in [5.41, 5.74) is 0.718. The number of benzene rings is 2. The van der Waals surface area contributed by atoms with Gasteiger partial charge in [-0.25, -0.2) is 4.98 Å². The molecule has 1 aromatic heterocycles. The second-order valence-electron chi connectivity index (χ2n) is 10.1. The van der Waals surface area contributed by atoms with Crippen LogP contribution in [0.1, 0.15) is 42.1 Å². The number of aromatic nitrogens is 2. The topological polar surface area (TPSA) is 165 Å². The zero-order chi connectivity index (χ0) is 31.4. The van der Waals surface area contributed by atoms with Crippen molar-refractivity contribution in [2.45, 2.75) is 44.1 Å². The normalized spacial score (nSPS) is 17.8. The molecule has 2 aromatic carbocycles. The Morgan fingerprint density at radius 2 is 1.84 bits per heavy atom. The fourth-order valence-corrected chi connectivity index (χ4v) is 4.88. The lowest BCUT2D eigenvalue weighted by Gasteiger charge is -2.28. The van der Waals surface area contributed by atoms with Gasteiger partial charge in [0.15, 0.2) is 0 Å². The third-order valence-corrected chi connectivity index (χ3v) is 7.00. The maximum absolute atomic E-state index is 13.1. The molecule has 0 radical (unpaired) electrons. The Bertz CT molecular complexity index is 1640. The van der Waals surface area contributed by atoms with Crippen LogP contribution in [0.15, 0.2) is 72.8 Å². The number of H-pyrrole nitrogens is 1. The van der Waals surface area contributed by atoms with E-state index in [9.17, 15) is 37.1 Å². The van der Waals surface area contributed by atoms with Gasteiger partial charge in [0.1, 0.15) is 11.7 Å². The molecule has 3 heterocycles. The van der Waals surface area contributed by atoms with Crippen LogP contribution in [0.3, 0.4) is 0 Å². The van der Waals surface area contributed by atoms with E-state index in [-0.39, 0.29) is 37.2 Å². The van der Waals surface area contributed by atoms with Crippen LogP contribution >= 0.6 is 0 Å². The number of carbonyl (C=O) groups excluding carboxylic acids is 5. The van der Waals surface area contributed by atoms with Crippen LogP contribution in [-0.4, -0.2) is 50.4 Å². The number of aromatic amines is 1. The number of nitrogens with one attached hydrogen (secondary N) is 5. The number of hydrogen-bond acceptors (Lipinski definition) is 8. The standard InChI is InChI=1S/C29H26F3N7O5/c30-29(31,32)17-4-2-6-19(10-17)37-25(41)11-21(34-14-20-13-33-15-35-20)16-3-1-5-18(9-16)36-22-12-26(42)39(28(22)44)23-7-8-24(40)38-27(23)43/h1-6,9-10,12-13,15,21,23,34,36H,7-8,11,14H2,(H,33,35)(H,37,41)(H,38,40,43). The average molecular weight is 610 g/mol. The molecule has 2 atom stereocenters. The summed E-state index contributed by atoms with van der Waals surface area (Å²) in [6, 6.07) is 9.23. The van der Waals surface area contributed by atoms with E-state index in [2.05, 4.69) is 31.2 Å². The second kappa shape index (κ2) is 12.5. The average Bonchev–Trinajstić information content (AvgIpc) is 3.59. The maximum Gasteiger partial charge on any atom is 0.416 e. The van der Waals surface area contributed by atoms with E-state index in [1.165, 1.54) is 18.5 Å². The molecule has 12 nitrogen and oxygen atoms in total. The molecule has 1 fully saturated rings. The number of imide groups is 2. The van der Waals surface area contributed by atoms with E-state index in [1.807, 2.05) is 0 Å². The van der Waals surface area contributed by atoms with Crippen LogP contribution in [0, 0.1) is 0 Å². The van der Waals surface area contributed by atoms with E-state index in [0.29, 0.717) is 11.3 Å². The number of halogens is 3. The van der Waals surface area contributed by atoms with Crippen LogP contribution in [0.25, 0.3) is 0 Å². The van der Waals surface area contributed by atoms with E-state index < -0.39 is 53.4 Å². The van der Waals surface area contributed by atoms with Crippen LogP contribution in [0.2, 0.25) is 0 Å². The molecule has 0 bridgehead atoms. The SMILES string of the molecule is O=C1CCC(N2C(=O)C=C(Nc3cccc(C(CC(=O)Nc4cccc(C(F)(F)F)c4)NCc4cnc[nH]4)c3)C2=O)C(=O)N1. The van der Waals surface area contributed by atoms with Gasteiger partial charge in [-0.05, 0) is 42.3 Å². The first-order chi connectivity index (χ1) is 21.0. The minimum Gasteiger partial charge on any atom is -0.351 e. The number of alkyl halides is 3. The van der Waals surface area contributed by atoms with Crippen molar-refractivity contribution in [3.63, 3.8) is 0 Å². The molecule has 2 aliphatic heterocycles. The van der Waals surface area contributed by atoms with Crippen LogP contribution < -0.4 is 21.3 Å². The second-order valence-corrected chi connectivity index (χ2v) is 10.1. The molecule has 5 rings (SSSR count). The minimum absolute atomic E-state index is 0.00739. The van der Waals surface area contributed by atoms with Crippen molar-refractivity contribution in [3.05, 3.63) is 89.6 Å². The molecule has 5 N–H and O–H groups in total. The molecule has 3 aromatic rings. The minimum atomic E-state index is -4.57. The van der Waals surface area contributed by atoms with Crippen molar-refractivity contribution >= 4 is 40.9 Å². The van der Waals surface area contributed by atoms with Crippen molar-refractivity contribution < 1.29 is 37.1 Å². The quantitative estimate of drug-likeness (QED) is 0.219. The summed E-state index contributed by atoms with van der Waals surface area (Å²) < 4.78 is 39.4. The van der Waals surface area contributed by atoms with Crippen LogP contribution in [0.4, 0.5) is 24.5 Å². The number of imidazole rings is 1. The Morgan fingerprint density at radius 1 is 1.07 bits per heavy atom. The summed E-state index contributed by atoms with van der Waals surface area (Å²) in [5, 5.41) is 10.8. The van der Waals surface area contributed by atoms with E-state index >= 15 is 0 Å². The predicted molar refractivity (Wildman–Crippen MR) is 149 cm³/mol. The summed E-state index contributed by atoms with van der Waals surface area (Å²) in [4.78, 5) is 70.1. The van der Waals surface area contributed by atoms with Crippen molar-refractivity contribution in [1.82, 2.24) is 25.5 Å². The number of carbonyl (C=O) groups is 5. The van der Waals surface area contributed by atoms with Gasteiger partial charge in [-0.1, -0.05) is 18.2 Å². The number of piperidine rings is 1. The molecule has 228 valence electrons. The lowest BCUT2D eigenvalue weighted by Crippen LogP contribution is -2.54.